The second-order valence-corrected chi connectivity index (χ2v) is 18.0. The summed E-state index contributed by atoms with van der Waals surface area (Å²) in [6, 6.07) is 77.8. The van der Waals surface area contributed by atoms with Crippen molar-refractivity contribution in [3.05, 3.63) is 240 Å². The van der Waals surface area contributed by atoms with E-state index in [2.05, 4.69) is 230 Å². The molecule has 14 rings (SSSR count). The molecule has 3 aliphatic carbocycles. The van der Waals surface area contributed by atoms with Gasteiger partial charge < -0.3 is 9.47 Å². The molecule has 11 aromatic rings. The first-order chi connectivity index (χ1) is 30.5. The molecule has 0 bridgehead atoms. The van der Waals surface area contributed by atoms with Crippen molar-refractivity contribution in [1.82, 2.24) is 4.57 Å². The number of rotatable bonds is 4. The number of aromatic nitrogens is 1. The summed E-state index contributed by atoms with van der Waals surface area (Å²) in [5.41, 5.74) is 19.8. The van der Waals surface area contributed by atoms with Gasteiger partial charge in [-0.25, -0.2) is 0 Å². The van der Waals surface area contributed by atoms with Crippen LogP contribution in [0.25, 0.3) is 71.3 Å². The van der Waals surface area contributed by atoms with E-state index >= 15 is 0 Å². The SMILES string of the molecule is CC1(C)c2ccccc2-c2ccc(N(c3ccccc3)c3cc4c5c(ccc6c5c5c(cccc5n6-c5ccc6ccccc6c5)C45c4ccccc4-c4ccccc45)c3)cc21. The summed E-state index contributed by atoms with van der Waals surface area (Å²) < 4.78 is 2.52. The van der Waals surface area contributed by atoms with Gasteiger partial charge in [0.15, 0.2) is 0 Å². The van der Waals surface area contributed by atoms with Gasteiger partial charge in [0.05, 0.1) is 16.4 Å². The Kier molecular flexibility index (Phi) is 6.59. The van der Waals surface area contributed by atoms with Gasteiger partial charge in [0.1, 0.15) is 0 Å². The maximum Gasteiger partial charge on any atom is 0.0727 e. The summed E-state index contributed by atoms with van der Waals surface area (Å²) in [6.45, 7) is 4.75. The van der Waals surface area contributed by atoms with Crippen LogP contribution in [0.2, 0.25) is 0 Å². The first-order valence-electron chi connectivity index (χ1n) is 21.8. The van der Waals surface area contributed by atoms with Crippen LogP contribution in [0.1, 0.15) is 47.2 Å². The van der Waals surface area contributed by atoms with Crippen molar-refractivity contribution in [3.8, 4) is 27.9 Å². The molecule has 62 heavy (non-hydrogen) atoms. The van der Waals surface area contributed by atoms with Crippen molar-refractivity contribution in [2.75, 3.05) is 4.90 Å². The second kappa shape index (κ2) is 12.0. The first-order valence-corrected chi connectivity index (χ1v) is 21.8. The van der Waals surface area contributed by atoms with Gasteiger partial charge in [0.2, 0.25) is 0 Å². The molecule has 1 aromatic heterocycles. The number of anilines is 3. The number of nitrogens with zero attached hydrogens (tertiary/aromatic N) is 2. The second-order valence-electron chi connectivity index (χ2n) is 18.0. The Balaban J connectivity index is 1.11. The summed E-state index contributed by atoms with van der Waals surface area (Å²) in [5, 5.41) is 7.74. The van der Waals surface area contributed by atoms with Crippen LogP contribution in [0.15, 0.2) is 206 Å². The summed E-state index contributed by atoms with van der Waals surface area (Å²) in [5.74, 6) is 0. The van der Waals surface area contributed by atoms with Crippen LogP contribution in [0.5, 0.6) is 0 Å². The van der Waals surface area contributed by atoms with Crippen molar-refractivity contribution in [3.63, 3.8) is 0 Å². The number of benzene rings is 10. The van der Waals surface area contributed by atoms with Gasteiger partial charge in [-0.15, -0.1) is 0 Å². The third kappa shape index (κ3) is 4.19. The van der Waals surface area contributed by atoms with Crippen LogP contribution in [0.3, 0.4) is 0 Å². The van der Waals surface area contributed by atoms with E-state index in [4.69, 9.17) is 0 Å². The summed E-state index contributed by atoms with van der Waals surface area (Å²) in [4.78, 5) is 2.50. The van der Waals surface area contributed by atoms with Gasteiger partial charge in [0, 0.05) is 38.9 Å². The Hall–Kier alpha value is -7.68. The lowest BCUT2D eigenvalue weighted by molar-refractivity contribution is 0.660. The maximum absolute atomic E-state index is 2.55. The molecular weight excluding hydrogens is 749 g/mol. The van der Waals surface area contributed by atoms with Gasteiger partial charge in [0.25, 0.3) is 0 Å². The average molecular weight is 789 g/mol. The zero-order chi connectivity index (χ0) is 40.9. The fourth-order valence-electron chi connectivity index (χ4n) is 12.1. The van der Waals surface area contributed by atoms with Crippen molar-refractivity contribution >= 4 is 60.4 Å². The Morgan fingerprint density at radius 2 is 0.935 bits per heavy atom. The van der Waals surface area contributed by atoms with Crippen molar-refractivity contribution in [1.29, 1.82) is 0 Å². The first kappa shape index (κ1) is 34.1. The Bertz CT molecular complexity index is 3690. The van der Waals surface area contributed by atoms with E-state index < -0.39 is 5.41 Å². The zero-order valence-corrected chi connectivity index (χ0v) is 34.5. The number of fused-ring (bicyclic) bond motifs is 11. The van der Waals surface area contributed by atoms with Crippen LogP contribution < -0.4 is 4.90 Å². The molecule has 0 fully saturated rings. The van der Waals surface area contributed by atoms with Crippen LogP contribution in [0, 0.1) is 0 Å². The molecule has 0 N–H and O–H groups in total. The maximum atomic E-state index is 2.55. The molecule has 0 radical (unpaired) electrons. The number of hydrogen-bond donors (Lipinski definition) is 0. The molecule has 2 nitrogen and oxygen atoms in total. The highest BCUT2D eigenvalue weighted by molar-refractivity contribution is 6.27. The lowest BCUT2D eigenvalue weighted by Gasteiger charge is -2.39. The smallest absolute Gasteiger partial charge is 0.0727 e. The van der Waals surface area contributed by atoms with E-state index in [1.54, 1.807) is 0 Å². The minimum absolute atomic E-state index is 0.125. The molecule has 3 aliphatic rings. The normalized spacial score (nSPS) is 14.5. The Morgan fingerprint density at radius 3 is 1.71 bits per heavy atom. The molecule has 0 saturated carbocycles. The third-order valence-corrected chi connectivity index (χ3v) is 14.7. The predicted molar refractivity (Wildman–Crippen MR) is 259 cm³/mol. The van der Waals surface area contributed by atoms with Gasteiger partial charge in [-0.05, 0) is 138 Å². The predicted octanol–water partition coefficient (Wildman–Crippen LogP) is 15.5. The number of para-hydroxylation sites is 1. The highest BCUT2D eigenvalue weighted by Gasteiger charge is 2.50. The third-order valence-electron chi connectivity index (χ3n) is 14.7. The Morgan fingerprint density at radius 1 is 0.339 bits per heavy atom. The van der Waals surface area contributed by atoms with E-state index in [-0.39, 0.29) is 5.41 Å². The molecule has 0 aliphatic heterocycles. The molecule has 290 valence electrons. The van der Waals surface area contributed by atoms with Crippen LogP contribution >= 0.6 is 0 Å². The van der Waals surface area contributed by atoms with Crippen LogP contribution in [-0.4, -0.2) is 4.57 Å². The molecule has 0 unspecified atom stereocenters. The largest absolute Gasteiger partial charge is 0.310 e. The van der Waals surface area contributed by atoms with E-state index in [0.29, 0.717) is 0 Å². The molecule has 0 amide bonds. The van der Waals surface area contributed by atoms with E-state index in [9.17, 15) is 0 Å². The van der Waals surface area contributed by atoms with Gasteiger partial charge in [-0.2, -0.15) is 0 Å². The van der Waals surface area contributed by atoms with E-state index in [0.717, 1.165) is 17.1 Å². The Labute approximate surface area is 360 Å². The van der Waals surface area contributed by atoms with Crippen LogP contribution in [-0.2, 0) is 10.8 Å². The van der Waals surface area contributed by atoms with Gasteiger partial charge >= 0.3 is 0 Å². The standard InChI is InChI=1S/C60H40N2/c1-59(2)48-22-11-8-19-44(48)47-31-30-42(35-52(47)59)61(40-17-4-3-5-18-40)43-34-39-28-32-55-58-56(39)53(36-43)60(49-23-12-9-20-45(49)46-21-10-13-24-50(46)60)51-25-14-26-54(57(51)58)62(55)41-29-27-37-15-6-7-16-38(37)33-41/h3-36H,1-2H3. The van der Waals surface area contributed by atoms with Gasteiger partial charge in [-0.3, -0.25) is 0 Å². The quantitative estimate of drug-likeness (QED) is 0.172. The molecule has 1 spiro atoms. The molecule has 0 atom stereocenters. The highest BCUT2D eigenvalue weighted by Crippen LogP contribution is 2.63. The lowest BCUT2D eigenvalue weighted by atomic mass is 9.63. The fraction of sp³-hybridized carbons (Fsp3) is 0.0667. The van der Waals surface area contributed by atoms with Crippen molar-refractivity contribution in [2.24, 2.45) is 0 Å². The minimum atomic E-state index is -0.554. The minimum Gasteiger partial charge on any atom is -0.310 e. The van der Waals surface area contributed by atoms with Gasteiger partial charge in [-0.1, -0.05) is 159 Å². The lowest BCUT2D eigenvalue weighted by Crippen LogP contribution is -2.31. The monoisotopic (exact) mass is 788 g/mol. The molecular formula is C60H40N2. The molecule has 0 saturated heterocycles. The summed E-state index contributed by atoms with van der Waals surface area (Å²) >= 11 is 0. The number of hydrogen-bond acceptors (Lipinski definition) is 1. The summed E-state index contributed by atoms with van der Waals surface area (Å²) in [6.07, 6.45) is 0. The molecule has 1 heterocycles. The average Bonchev–Trinajstić information content (AvgIpc) is 3.90. The van der Waals surface area contributed by atoms with Crippen molar-refractivity contribution < 1.29 is 0 Å². The molecule has 2 heteroatoms. The summed E-state index contributed by atoms with van der Waals surface area (Å²) in [7, 11) is 0. The van der Waals surface area contributed by atoms with Crippen molar-refractivity contribution in [2.45, 2.75) is 24.7 Å². The van der Waals surface area contributed by atoms with E-state index in [1.807, 2.05) is 0 Å². The van der Waals surface area contributed by atoms with Crippen LogP contribution in [0.4, 0.5) is 17.1 Å². The van der Waals surface area contributed by atoms with E-state index in [1.165, 1.54) is 105 Å². The fourth-order valence-corrected chi connectivity index (χ4v) is 12.1. The topological polar surface area (TPSA) is 8.17 Å². The zero-order valence-electron chi connectivity index (χ0n) is 34.5. The molecule has 10 aromatic carbocycles. The highest BCUT2D eigenvalue weighted by atomic mass is 15.1.